The van der Waals surface area contributed by atoms with Crippen LogP contribution in [0.25, 0.3) is 0 Å². The Morgan fingerprint density at radius 2 is 1.90 bits per heavy atom. The number of aryl methyl sites for hydroxylation is 1. The molecule has 1 heterocycles. The molecule has 2 aromatic rings. The first kappa shape index (κ1) is 14.6. The number of nitrogens with one attached hydrogen (secondary N) is 1. The van der Waals surface area contributed by atoms with Crippen molar-refractivity contribution >= 4 is 23.7 Å². The second-order valence-electron chi connectivity index (χ2n) is 4.60. The Bertz CT molecular complexity index is 586. The number of hydrogen-bond donors (Lipinski definition) is 1. The summed E-state index contributed by atoms with van der Waals surface area (Å²) in [5.74, 6) is 2.11. The van der Waals surface area contributed by atoms with Crippen LogP contribution in [0.2, 0.25) is 0 Å². The Kier molecular flexibility index (Phi) is 4.79. The summed E-state index contributed by atoms with van der Waals surface area (Å²) >= 11 is 1.62. The second kappa shape index (κ2) is 6.56. The molecule has 20 heavy (non-hydrogen) atoms. The average molecular weight is 289 g/mol. The van der Waals surface area contributed by atoms with Crippen molar-refractivity contribution in [1.29, 1.82) is 0 Å². The molecular weight excluding hydrogens is 270 g/mol. The molecule has 0 bridgehead atoms. The maximum atomic E-state index is 4.45. The highest BCUT2D eigenvalue weighted by atomic mass is 32.2. The summed E-state index contributed by atoms with van der Waals surface area (Å²) < 4.78 is 0. The van der Waals surface area contributed by atoms with Crippen LogP contribution in [-0.2, 0) is 5.75 Å². The summed E-state index contributed by atoms with van der Waals surface area (Å²) in [4.78, 5) is 15.0. The Morgan fingerprint density at radius 1 is 1.15 bits per heavy atom. The quantitative estimate of drug-likeness (QED) is 0.854. The minimum atomic E-state index is 0.594. The lowest BCUT2D eigenvalue weighted by atomic mass is 10.1. The van der Waals surface area contributed by atoms with Gasteiger partial charge in [0.05, 0.1) is 0 Å². The summed E-state index contributed by atoms with van der Waals surface area (Å²) in [7, 11) is 5.65. The normalized spacial score (nSPS) is 10.4. The molecule has 0 aliphatic rings. The van der Waals surface area contributed by atoms with E-state index in [1.807, 2.05) is 26.0 Å². The highest BCUT2D eigenvalue weighted by Gasteiger charge is 2.08. The smallest absolute Gasteiger partial charge is 0.230 e. The molecule has 5 nitrogen and oxygen atoms in total. The highest BCUT2D eigenvalue weighted by molar-refractivity contribution is 7.98. The number of nitrogens with zero attached hydrogens (tertiary/aromatic N) is 4. The third-order valence-corrected chi connectivity index (χ3v) is 3.74. The van der Waals surface area contributed by atoms with Gasteiger partial charge in [-0.1, -0.05) is 36.0 Å². The number of thioether (sulfide) groups is 1. The Balaban J connectivity index is 2.17. The topological polar surface area (TPSA) is 53.9 Å². The lowest BCUT2D eigenvalue weighted by molar-refractivity contribution is 0.870. The van der Waals surface area contributed by atoms with Crippen LogP contribution in [0.4, 0.5) is 11.9 Å². The fraction of sp³-hybridized carbons (Fsp3) is 0.357. The van der Waals surface area contributed by atoms with Gasteiger partial charge in [-0.2, -0.15) is 15.0 Å². The number of hydrogen-bond acceptors (Lipinski definition) is 6. The molecule has 2 rings (SSSR count). The molecule has 0 saturated carbocycles. The van der Waals surface area contributed by atoms with Gasteiger partial charge in [-0.3, -0.25) is 0 Å². The van der Waals surface area contributed by atoms with Gasteiger partial charge in [0.25, 0.3) is 0 Å². The third kappa shape index (κ3) is 3.60. The van der Waals surface area contributed by atoms with Crippen LogP contribution in [0.5, 0.6) is 0 Å². The van der Waals surface area contributed by atoms with Crippen molar-refractivity contribution in [3.63, 3.8) is 0 Å². The number of aromatic nitrogens is 3. The maximum absolute atomic E-state index is 4.45. The molecule has 6 heteroatoms. The summed E-state index contributed by atoms with van der Waals surface area (Å²) in [5, 5.41) is 3.70. The molecule has 0 unspecified atom stereocenters. The minimum Gasteiger partial charge on any atom is -0.357 e. The zero-order valence-corrected chi connectivity index (χ0v) is 13.0. The average Bonchev–Trinajstić information content (AvgIpc) is 2.46. The van der Waals surface area contributed by atoms with Crippen LogP contribution in [0, 0.1) is 6.92 Å². The van der Waals surface area contributed by atoms with E-state index in [9.17, 15) is 0 Å². The van der Waals surface area contributed by atoms with Crippen molar-refractivity contribution in [2.45, 2.75) is 17.8 Å². The molecular formula is C14H19N5S. The first-order chi connectivity index (χ1) is 9.60. The lowest BCUT2D eigenvalue weighted by Crippen LogP contribution is -2.15. The standard InChI is InChI=1S/C14H19N5S/c1-10-7-5-6-8-11(10)9-20-14-17-12(15-2)16-13(18-14)19(3)4/h5-8H,9H2,1-4H3,(H,15,16,17,18). The third-order valence-electron chi connectivity index (χ3n) is 2.84. The molecule has 0 saturated heterocycles. The van der Waals surface area contributed by atoms with Crippen molar-refractivity contribution in [3.05, 3.63) is 35.4 Å². The molecule has 1 N–H and O–H groups in total. The second-order valence-corrected chi connectivity index (χ2v) is 5.54. The van der Waals surface area contributed by atoms with Gasteiger partial charge in [-0.25, -0.2) is 0 Å². The van der Waals surface area contributed by atoms with Gasteiger partial charge in [-0.05, 0) is 18.1 Å². The van der Waals surface area contributed by atoms with Gasteiger partial charge in [0.1, 0.15) is 0 Å². The molecule has 0 aliphatic carbocycles. The van der Waals surface area contributed by atoms with Gasteiger partial charge in [0, 0.05) is 26.9 Å². The fourth-order valence-corrected chi connectivity index (χ4v) is 2.54. The monoisotopic (exact) mass is 289 g/mol. The number of anilines is 2. The van der Waals surface area contributed by atoms with Crippen molar-refractivity contribution < 1.29 is 0 Å². The molecule has 0 aliphatic heterocycles. The Hall–Kier alpha value is -1.82. The first-order valence-electron chi connectivity index (χ1n) is 6.38. The van der Waals surface area contributed by atoms with E-state index in [0.29, 0.717) is 11.9 Å². The Morgan fingerprint density at radius 3 is 2.55 bits per heavy atom. The van der Waals surface area contributed by atoms with Crippen molar-refractivity contribution in [1.82, 2.24) is 15.0 Å². The zero-order chi connectivity index (χ0) is 14.5. The number of rotatable bonds is 5. The van der Waals surface area contributed by atoms with E-state index in [0.717, 1.165) is 10.9 Å². The van der Waals surface area contributed by atoms with Gasteiger partial charge >= 0.3 is 0 Å². The van der Waals surface area contributed by atoms with Crippen LogP contribution in [0.1, 0.15) is 11.1 Å². The molecule has 0 amide bonds. The van der Waals surface area contributed by atoms with E-state index in [4.69, 9.17) is 0 Å². The van der Waals surface area contributed by atoms with E-state index >= 15 is 0 Å². The van der Waals surface area contributed by atoms with Crippen LogP contribution >= 0.6 is 11.8 Å². The predicted octanol–water partition coefficient (Wildman–Crippen LogP) is 2.58. The summed E-state index contributed by atoms with van der Waals surface area (Å²) in [6, 6.07) is 8.36. The van der Waals surface area contributed by atoms with Crippen molar-refractivity contribution in [2.24, 2.45) is 0 Å². The molecule has 1 aromatic heterocycles. The lowest BCUT2D eigenvalue weighted by Gasteiger charge is -2.12. The van der Waals surface area contributed by atoms with E-state index in [2.05, 4.69) is 51.5 Å². The van der Waals surface area contributed by atoms with Crippen LogP contribution in [0.15, 0.2) is 29.4 Å². The molecule has 0 spiro atoms. The Labute approximate surface area is 123 Å². The SMILES string of the molecule is CNc1nc(SCc2ccccc2C)nc(N(C)C)n1. The minimum absolute atomic E-state index is 0.594. The van der Waals surface area contributed by atoms with Gasteiger partial charge in [0.2, 0.25) is 11.9 Å². The van der Waals surface area contributed by atoms with E-state index in [1.54, 1.807) is 11.8 Å². The molecule has 0 radical (unpaired) electrons. The van der Waals surface area contributed by atoms with Crippen molar-refractivity contribution in [2.75, 3.05) is 31.4 Å². The summed E-state index contributed by atoms with van der Waals surface area (Å²) in [6.45, 7) is 2.12. The molecule has 0 atom stereocenters. The highest BCUT2D eigenvalue weighted by Crippen LogP contribution is 2.23. The van der Waals surface area contributed by atoms with Crippen LogP contribution < -0.4 is 10.2 Å². The summed E-state index contributed by atoms with van der Waals surface area (Å²) in [6.07, 6.45) is 0. The predicted molar refractivity (Wildman–Crippen MR) is 84.4 cm³/mol. The van der Waals surface area contributed by atoms with Gasteiger partial charge in [-0.15, -0.1) is 0 Å². The number of benzene rings is 1. The molecule has 1 aromatic carbocycles. The van der Waals surface area contributed by atoms with Gasteiger partial charge in [0.15, 0.2) is 5.16 Å². The zero-order valence-electron chi connectivity index (χ0n) is 12.2. The maximum Gasteiger partial charge on any atom is 0.230 e. The molecule has 0 fully saturated rings. The van der Waals surface area contributed by atoms with Crippen LogP contribution in [-0.4, -0.2) is 36.1 Å². The largest absolute Gasteiger partial charge is 0.357 e. The fourth-order valence-electron chi connectivity index (χ4n) is 1.64. The van der Waals surface area contributed by atoms with E-state index < -0.39 is 0 Å². The van der Waals surface area contributed by atoms with Crippen molar-refractivity contribution in [3.8, 4) is 0 Å². The first-order valence-corrected chi connectivity index (χ1v) is 7.37. The molecule has 106 valence electrons. The van der Waals surface area contributed by atoms with E-state index in [-0.39, 0.29) is 0 Å². The van der Waals surface area contributed by atoms with Crippen LogP contribution in [0.3, 0.4) is 0 Å². The summed E-state index contributed by atoms with van der Waals surface area (Å²) in [5.41, 5.74) is 2.59. The van der Waals surface area contributed by atoms with Gasteiger partial charge < -0.3 is 10.2 Å². The van der Waals surface area contributed by atoms with E-state index in [1.165, 1.54) is 11.1 Å².